The molecule has 0 aliphatic carbocycles. The molecule has 2 unspecified atom stereocenters. The highest BCUT2D eigenvalue weighted by molar-refractivity contribution is 5.86. The second kappa shape index (κ2) is 7.41. The van der Waals surface area contributed by atoms with Crippen molar-refractivity contribution in [2.24, 2.45) is 0 Å². The largest absolute Gasteiger partial charge is 0.497 e. The Bertz CT molecular complexity index is 946. The van der Waals surface area contributed by atoms with Crippen LogP contribution in [0, 0.1) is 0 Å². The molecule has 3 aromatic rings. The molecule has 0 amide bonds. The van der Waals surface area contributed by atoms with E-state index in [0.717, 1.165) is 35.2 Å². The van der Waals surface area contributed by atoms with Gasteiger partial charge in [-0.2, -0.15) is 0 Å². The predicted molar refractivity (Wildman–Crippen MR) is 106 cm³/mol. The lowest BCUT2D eigenvalue weighted by Gasteiger charge is -2.33. The van der Waals surface area contributed by atoms with Crippen molar-refractivity contribution in [1.29, 1.82) is 0 Å². The van der Waals surface area contributed by atoms with Crippen molar-refractivity contribution < 1.29 is 14.6 Å². The van der Waals surface area contributed by atoms with Gasteiger partial charge in [-0.1, -0.05) is 54.6 Å². The zero-order valence-electron chi connectivity index (χ0n) is 15.3. The maximum absolute atomic E-state index is 11.9. The van der Waals surface area contributed by atoms with E-state index in [2.05, 4.69) is 35.2 Å². The molecule has 0 saturated carbocycles. The molecule has 1 fully saturated rings. The molecule has 0 aromatic heterocycles. The number of hydrogen-bond donors (Lipinski definition) is 1. The van der Waals surface area contributed by atoms with Crippen molar-refractivity contribution in [3.8, 4) is 5.75 Å². The fourth-order valence-electron chi connectivity index (χ4n) is 4.19. The van der Waals surface area contributed by atoms with Gasteiger partial charge in [0.2, 0.25) is 0 Å². The van der Waals surface area contributed by atoms with Crippen LogP contribution >= 0.6 is 0 Å². The number of nitrogens with zero attached hydrogens (tertiary/aromatic N) is 1. The molecule has 1 aliphatic rings. The van der Waals surface area contributed by atoms with Gasteiger partial charge in [0.15, 0.2) is 0 Å². The normalized spacial score (nSPS) is 18.5. The standard InChI is InChI=1S/C23H23NO3/c1-27-18-13-11-17(12-14-18)22(24-15-5-10-21(24)23(25)26)20-9-4-7-16-6-2-3-8-19(16)20/h2-4,6-9,11-14,21-22H,5,10,15H2,1H3,(H,25,26). The number of carboxylic acid groups (broad SMARTS) is 1. The summed E-state index contributed by atoms with van der Waals surface area (Å²) in [6.45, 7) is 0.775. The van der Waals surface area contributed by atoms with Crippen LogP contribution < -0.4 is 4.74 Å². The zero-order chi connectivity index (χ0) is 18.8. The van der Waals surface area contributed by atoms with E-state index in [1.165, 1.54) is 5.39 Å². The maximum atomic E-state index is 11.9. The van der Waals surface area contributed by atoms with Crippen molar-refractivity contribution in [1.82, 2.24) is 4.90 Å². The van der Waals surface area contributed by atoms with Gasteiger partial charge in [-0.3, -0.25) is 9.69 Å². The van der Waals surface area contributed by atoms with Crippen LogP contribution in [-0.2, 0) is 4.79 Å². The molecule has 1 saturated heterocycles. The lowest BCUT2D eigenvalue weighted by molar-refractivity contribution is -0.142. The van der Waals surface area contributed by atoms with Crippen LogP contribution in [0.3, 0.4) is 0 Å². The molecule has 27 heavy (non-hydrogen) atoms. The average molecular weight is 361 g/mol. The Hall–Kier alpha value is -2.85. The molecule has 0 bridgehead atoms. The summed E-state index contributed by atoms with van der Waals surface area (Å²) in [6, 6.07) is 22.0. The van der Waals surface area contributed by atoms with Gasteiger partial charge >= 0.3 is 5.97 Å². The number of fused-ring (bicyclic) bond motifs is 1. The Morgan fingerprint density at radius 3 is 2.56 bits per heavy atom. The summed E-state index contributed by atoms with van der Waals surface area (Å²) in [6.07, 6.45) is 1.58. The Kier molecular flexibility index (Phi) is 4.82. The van der Waals surface area contributed by atoms with Gasteiger partial charge < -0.3 is 9.84 Å². The number of benzene rings is 3. The second-order valence-corrected chi connectivity index (χ2v) is 6.98. The van der Waals surface area contributed by atoms with E-state index >= 15 is 0 Å². The Labute approximate surface area is 159 Å². The number of rotatable bonds is 5. The van der Waals surface area contributed by atoms with Crippen LogP contribution in [0.2, 0.25) is 0 Å². The molecule has 3 aromatic carbocycles. The predicted octanol–water partition coefficient (Wildman–Crippen LogP) is 4.49. The van der Waals surface area contributed by atoms with Crippen molar-refractivity contribution in [2.75, 3.05) is 13.7 Å². The highest BCUT2D eigenvalue weighted by Gasteiger charge is 2.37. The lowest BCUT2D eigenvalue weighted by Crippen LogP contribution is -2.39. The molecule has 4 nitrogen and oxygen atoms in total. The summed E-state index contributed by atoms with van der Waals surface area (Å²) >= 11 is 0. The third-order valence-electron chi connectivity index (χ3n) is 5.46. The van der Waals surface area contributed by atoms with E-state index in [4.69, 9.17) is 4.74 Å². The zero-order valence-corrected chi connectivity index (χ0v) is 15.3. The van der Waals surface area contributed by atoms with Crippen LogP contribution in [0.5, 0.6) is 5.75 Å². The number of likely N-dealkylation sites (tertiary alicyclic amines) is 1. The molecule has 1 aliphatic heterocycles. The highest BCUT2D eigenvalue weighted by Crippen LogP contribution is 2.38. The molecular formula is C23H23NO3. The van der Waals surface area contributed by atoms with Gasteiger partial charge in [-0.15, -0.1) is 0 Å². The first kappa shape index (κ1) is 17.6. The van der Waals surface area contributed by atoms with Crippen LogP contribution in [0.15, 0.2) is 66.7 Å². The Morgan fingerprint density at radius 1 is 1.07 bits per heavy atom. The SMILES string of the molecule is COc1ccc(C(c2cccc3ccccc23)N2CCCC2C(=O)O)cc1. The first-order valence-corrected chi connectivity index (χ1v) is 9.29. The summed E-state index contributed by atoms with van der Waals surface area (Å²) in [5, 5.41) is 12.1. The third-order valence-corrected chi connectivity index (χ3v) is 5.46. The van der Waals surface area contributed by atoms with Gasteiger partial charge in [0.05, 0.1) is 13.2 Å². The summed E-state index contributed by atoms with van der Waals surface area (Å²) in [4.78, 5) is 14.0. The van der Waals surface area contributed by atoms with E-state index in [1.54, 1.807) is 7.11 Å². The fraction of sp³-hybridized carbons (Fsp3) is 0.261. The van der Waals surface area contributed by atoms with Crippen molar-refractivity contribution >= 4 is 16.7 Å². The molecule has 2 atom stereocenters. The monoisotopic (exact) mass is 361 g/mol. The van der Waals surface area contributed by atoms with Crippen molar-refractivity contribution in [2.45, 2.75) is 24.9 Å². The van der Waals surface area contributed by atoms with E-state index in [9.17, 15) is 9.90 Å². The first-order chi connectivity index (χ1) is 13.2. The molecule has 0 radical (unpaired) electrons. The molecule has 4 rings (SSSR count). The number of ether oxygens (including phenoxy) is 1. The topological polar surface area (TPSA) is 49.8 Å². The molecule has 4 heteroatoms. The quantitative estimate of drug-likeness (QED) is 0.728. The number of carboxylic acids is 1. The van der Waals surface area contributed by atoms with Crippen LogP contribution in [0.25, 0.3) is 10.8 Å². The Balaban J connectivity index is 1.88. The number of methoxy groups -OCH3 is 1. The molecular weight excluding hydrogens is 338 g/mol. The minimum Gasteiger partial charge on any atom is -0.497 e. The Morgan fingerprint density at radius 2 is 1.81 bits per heavy atom. The minimum absolute atomic E-state index is 0.106. The summed E-state index contributed by atoms with van der Waals surface area (Å²) in [5.74, 6) is 0.0536. The smallest absolute Gasteiger partial charge is 0.320 e. The summed E-state index contributed by atoms with van der Waals surface area (Å²) in [5.41, 5.74) is 2.23. The maximum Gasteiger partial charge on any atom is 0.320 e. The molecule has 0 spiro atoms. The van der Waals surface area contributed by atoms with E-state index in [-0.39, 0.29) is 6.04 Å². The third kappa shape index (κ3) is 3.28. The van der Waals surface area contributed by atoms with E-state index in [0.29, 0.717) is 6.42 Å². The molecule has 138 valence electrons. The molecule has 1 N–H and O–H groups in total. The van der Waals surface area contributed by atoms with Crippen LogP contribution in [0.1, 0.15) is 30.0 Å². The van der Waals surface area contributed by atoms with Gasteiger partial charge in [0.1, 0.15) is 11.8 Å². The minimum atomic E-state index is -0.744. The highest BCUT2D eigenvalue weighted by atomic mass is 16.5. The number of aliphatic carboxylic acids is 1. The summed E-state index contributed by atoms with van der Waals surface area (Å²) < 4.78 is 5.30. The summed E-state index contributed by atoms with van der Waals surface area (Å²) in [7, 11) is 1.65. The molecule has 1 heterocycles. The number of hydrogen-bond acceptors (Lipinski definition) is 3. The fourth-order valence-corrected chi connectivity index (χ4v) is 4.19. The first-order valence-electron chi connectivity index (χ1n) is 9.29. The van der Waals surface area contributed by atoms with Gasteiger partial charge in [0, 0.05) is 6.54 Å². The number of carbonyl (C=O) groups is 1. The average Bonchev–Trinajstić information content (AvgIpc) is 3.19. The van der Waals surface area contributed by atoms with Crippen LogP contribution in [-0.4, -0.2) is 35.7 Å². The lowest BCUT2D eigenvalue weighted by atomic mass is 9.92. The van der Waals surface area contributed by atoms with Gasteiger partial charge in [-0.05, 0) is 46.9 Å². The second-order valence-electron chi connectivity index (χ2n) is 6.98. The van der Waals surface area contributed by atoms with Gasteiger partial charge in [0.25, 0.3) is 0 Å². The van der Waals surface area contributed by atoms with E-state index in [1.807, 2.05) is 36.4 Å². The van der Waals surface area contributed by atoms with Crippen LogP contribution in [0.4, 0.5) is 0 Å². The van der Waals surface area contributed by atoms with Gasteiger partial charge in [-0.25, -0.2) is 0 Å². The van der Waals surface area contributed by atoms with Crippen molar-refractivity contribution in [3.05, 3.63) is 77.9 Å². The van der Waals surface area contributed by atoms with Crippen molar-refractivity contribution in [3.63, 3.8) is 0 Å². The van der Waals surface area contributed by atoms with E-state index < -0.39 is 12.0 Å².